The number of esters is 1. The summed E-state index contributed by atoms with van der Waals surface area (Å²) in [6, 6.07) is 13.1. The molecule has 0 amide bonds. The number of methoxy groups -OCH3 is 1. The average molecular weight is 440 g/mol. The molecule has 1 fully saturated rings. The molecule has 1 aliphatic rings. The number of hydrogen-bond acceptors (Lipinski definition) is 4. The first-order valence-electron chi connectivity index (χ1n) is 12.3. The smallest absolute Gasteiger partial charge is 0.306 e. The van der Waals surface area contributed by atoms with Crippen LogP contribution in [-0.2, 0) is 16.1 Å². The first kappa shape index (κ1) is 24.6. The van der Waals surface area contributed by atoms with Gasteiger partial charge in [0.1, 0.15) is 5.75 Å². The van der Waals surface area contributed by atoms with Gasteiger partial charge >= 0.3 is 5.97 Å². The van der Waals surface area contributed by atoms with Crippen LogP contribution in [0, 0.1) is 11.3 Å². The zero-order valence-corrected chi connectivity index (χ0v) is 20.7. The fraction of sp³-hybridized carbons (Fsp3) is 0.607. The molecule has 32 heavy (non-hydrogen) atoms. The topological polar surface area (TPSA) is 38.8 Å². The number of ether oxygens (including phenoxy) is 2. The van der Waals surface area contributed by atoms with E-state index in [2.05, 4.69) is 69.0 Å². The van der Waals surface area contributed by atoms with Crippen molar-refractivity contribution in [3.63, 3.8) is 0 Å². The second kappa shape index (κ2) is 11.2. The Morgan fingerprint density at radius 2 is 1.69 bits per heavy atom. The first-order chi connectivity index (χ1) is 15.3. The van der Waals surface area contributed by atoms with Crippen LogP contribution in [0.2, 0.25) is 0 Å². The highest BCUT2D eigenvalue weighted by Crippen LogP contribution is 2.39. The van der Waals surface area contributed by atoms with Crippen molar-refractivity contribution in [1.82, 2.24) is 4.90 Å². The zero-order chi connectivity index (χ0) is 23.1. The number of nitrogens with zero attached hydrogens (tertiary/aromatic N) is 1. The molecule has 2 aromatic carbocycles. The molecule has 1 aliphatic carbocycles. The minimum atomic E-state index is -0.149. The van der Waals surface area contributed by atoms with E-state index in [-0.39, 0.29) is 5.97 Å². The van der Waals surface area contributed by atoms with Crippen molar-refractivity contribution in [3.8, 4) is 5.75 Å². The zero-order valence-electron chi connectivity index (χ0n) is 20.7. The van der Waals surface area contributed by atoms with Gasteiger partial charge in [0.2, 0.25) is 0 Å². The first-order valence-corrected chi connectivity index (χ1v) is 12.3. The predicted octanol–water partition coefficient (Wildman–Crippen LogP) is 6.60. The molecular weight excluding hydrogens is 398 g/mol. The Kier molecular flexibility index (Phi) is 8.58. The molecule has 2 aromatic rings. The minimum absolute atomic E-state index is 0.149. The average Bonchev–Trinajstić information content (AvgIpc) is 2.77. The Balaban J connectivity index is 1.60. The van der Waals surface area contributed by atoms with Gasteiger partial charge in [-0.1, -0.05) is 45.9 Å². The molecule has 0 aliphatic heterocycles. The molecule has 4 nitrogen and oxygen atoms in total. The summed E-state index contributed by atoms with van der Waals surface area (Å²) < 4.78 is 11.2. The molecule has 0 spiro atoms. The van der Waals surface area contributed by atoms with Gasteiger partial charge in [0.15, 0.2) is 0 Å². The summed E-state index contributed by atoms with van der Waals surface area (Å²) in [6.45, 7) is 11.8. The second-order valence-electron chi connectivity index (χ2n) is 10.4. The predicted molar refractivity (Wildman–Crippen MR) is 132 cm³/mol. The summed E-state index contributed by atoms with van der Waals surface area (Å²) in [5, 5.41) is 2.45. The molecule has 0 unspecified atom stereocenters. The van der Waals surface area contributed by atoms with Gasteiger partial charge in [-0.2, -0.15) is 0 Å². The summed E-state index contributed by atoms with van der Waals surface area (Å²) in [5.41, 5.74) is 1.67. The fourth-order valence-corrected chi connectivity index (χ4v) is 4.88. The Labute approximate surface area is 194 Å². The van der Waals surface area contributed by atoms with Gasteiger partial charge in [0, 0.05) is 13.1 Å². The lowest BCUT2D eigenvalue weighted by Crippen LogP contribution is -2.30. The van der Waals surface area contributed by atoms with Gasteiger partial charge in [-0.15, -0.1) is 0 Å². The Hall–Kier alpha value is -2.07. The van der Waals surface area contributed by atoms with Crippen LogP contribution in [0.3, 0.4) is 0 Å². The maximum absolute atomic E-state index is 11.5. The molecule has 3 rings (SSSR count). The Bertz CT molecular complexity index is 878. The van der Waals surface area contributed by atoms with Crippen molar-refractivity contribution in [2.45, 2.75) is 78.9 Å². The van der Waals surface area contributed by atoms with Crippen LogP contribution in [0.25, 0.3) is 10.8 Å². The number of rotatable bonds is 9. The molecule has 0 saturated heterocycles. The molecule has 0 radical (unpaired) electrons. The van der Waals surface area contributed by atoms with Crippen molar-refractivity contribution in [3.05, 3.63) is 42.0 Å². The van der Waals surface area contributed by atoms with Gasteiger partial charge in [0.05, 0.1) is 19.6 Å². The summed E-state index contributed by atoms with van der Waals surface area (Å²) in [4.78, 5) is 13.8. The van der Waals surface area contributed by atoms with Gasteiger partial charge in [-0.25, -0.2) is 0 Å². The van der Waals surface area contributed by atoms with Crippen LogP contribution >= 0.6 is 0 Å². The second-order valence-corrected chi connectivity index (χ2v) is 10.4. The highest BCUT2D eigenvalue weighted by Gasteiger charge is 2.30. The van der Waals surface area contributed by atoms with E-state index < -0.39 is 0 Å². The highest BCUT2D eigenvalue weighted by molar-refractivity contribution is 5.84. The SMILES string of the molecule is CCCN(CCC(=O)OC)Cc1ccc2cc(OC3CCC(C(C)(C)C)CC3)ccc2c1. The summed E-state index contributed by atoms with van der Waals surface area (Å²) in [7, 11) is 1.45. The molecule has 1 saturated carbocycles. The van der Waals surface area contributed by atoms with Crippen LogP contribution in [0.15, 0.2) is 36.4 Å². The Morgan fingerprint density at radius 1 is 1.00 bits per heavy atom. The van der Waals surface area contributed by atoms with E-state index in [9.17, 15) is 4.79 Å². The maximum Gasteiger partial charge on any atom is 0.306 e. The quantitative estimate of drug-likeness (QED) is 0.413. The van der Waals surface area contributed by atoms with E-state index in [4.69, 9.17) is 9.47 Å². The van der Waals surface area contributed by atoms with Crippen LogP contribution < -0.4 is 4.74 Å². The van der Waals surface area contributed by atoms with E-state index >= 15 is 0 Å². The third-order valence-electron chi connectivity index (χ3n) is 6.88. The molecule has 176 valence electrons. The van der Waals surface area contributed by atoms with Crippen LogP contribution in [-0.4, -0.2) is 37.2 Å². The molecule has 0 atom stereocenters. The molecule has 0 N–H and O–H groups in total. The fourth-order valence-electron chi connectivity index (χ4n) is 4.88. The van der Waals surface area contributed by atoms with E-state index in [1.54, 1.807) is 0 Å². The minimum Gasteiger partial charge on any atom is -0.490 e. The van der Waals surface area contributed by atoms with Crippen molar-refractivity contribution in [2.24, 2.45) is 11.3 Å². The van der Waals surface area contributed by atoms with E-state index in [1.165, 1.54) is 36.3 Å². The summed E-state index contributed by atoms with van der Waals surface area (Å²) >= 11 is 0. The molecule has 0 bridgehead atoms. The highest BCUT2D eigenvalue weighted by atomic mass is 16.5. The van der Waals surface area contributed by atoms with Crippen LogP contribution in [0.4, 0.5) is 0 Å². The van der Waals surface area contributed by atoms with Gasteiger partial charge < -0.3 is 9.47 Å². The van der Waals surface area contributed by atoms with Crippen LogP contribution in [0.1, 0.15) is 71.8 Å². The normalized spacial score (nSPS) is 19.3. The third-order valence-corrected chi connectivity index (χ3v) is 6.88. The molecule has 0 heterocycles. The van der Waals surface area contributed by atoms with E-state index in [0.717, 1.165) is 50.6 Å². The molecular formula is C28H41NO3. The van der Waals surface area contributed by atoms with E-state index in [1.807, 2.05) is 0 Å². The van der Waals surface area contributed by atoms with Crippen molar-refractivity contribution in [1.29, 1.82) is 0 Å². The van der Waals surface area contributed by atoms with Gasteiger partial charge in [-0.3, -0.25) is 9.69 Å². The van der Waals surface area contributed by atoms with Gasteiger partial charge in [-0.05, 0) is 84.5 Å². The molecule has 0 aromatic heterocycles. The van der Waals surface area contributed by atoms with Crippen molar-refractivity contribution < 1.29 is 14.3 Å². The number of benzene rings is 2. The third kappa shape index (κ3) is 6.96. The lowest BCUT2D eigenvalue weighted by Gasteiger charge is -2.37. The number of carbonyl (C=O) groups excluding carboxylic acids is 1. The Morgan fingerprint density at radius 3 is 2.34 bits per heavy atom. The number of fused-ring (bicyclic) bond motifs is 1. The van der Waals surface area contributed by atoms with Gasteiger partial charge in [0.25, 0.3) is 0 Å². The number of carbonyl (C=O) groups is 1. The van der Waals surface area contributed by atoms with E-state index in [0.29, 0.717) is 17.9 Å². The largest absolute Gasteiger partial charge is 0.490 e. The maximum atomic E-state index is 11.5. The lowest BCUT2D eigenvalue weighted by molar-refractivity contribution is -0.141. The lowest BCUT2D eigenvalue weighted by atomic mass is 9.72. The standard InChI is InChI=1S/C28H41NO3/c1-6-16-29(17-15-27(30)31-5)20-21-7-8-23-19-26(12-9-22(23)18-21)32-25-13-10-24(11-14-25)28(2,3)4/h7-9,12,18-19,24-25H,6,10-11,13-17,20H2,1-5H3. The van der Waals surface area contributed by atoms with Crippen molar-refractivity contribution in [2.75, 3.05) is 20.2 Å². The van der Waals surface area contributed by atoms with Crippen molar-refractivity contribution >= 4 is 16.7 Å². The monoisotopic (exact) mass is 439 g/mol. The van der Waals surface area contributed by atoms with Crippen LogP contribution in [0.5, 0.6) is 5.75 Å². The number of hydrogen-bond donors (Lipinski definition) is 0. The summed E-state index contributed by atoms with van der Waals surface area (Å²) in [6.07, 6.45) is 6.65. The summed E-state index contributed by atoms with van der Waals surface area (Å²) in [5.74, 6) is 1.64. The molecule has 4 heteroatoms.